The van der Waals surface area contributed by atoms with Gasteiger partial charge in [0.2, 0.25) is 0 Å². The number of carboxylic acids is 1. The Morgan fingerprint density at radius 3 is 2.00 bits per heavy atom. The molecule has 1 fully saturated rings. The normalized spacial score (nSPS) is 30.6. The molecule has 4 N–H and O–H groups in total. The zero-order valence-corrected chi connectivity index (χ0v) is 12.0. The molecule has 0 aromatic carbocycles. The summed E-state index contributed by atoms with van der Waals surface area (Å²) >= 11 is 0. The first kappa shape index (κ1) is 16.5. The highest BCUT2D eigenvalue weighted by molar-refractivity contribution is 5.71. The summed E-state index contributed by atoms with van der Waals surface area (Å²) in [6.45, 7) is 2.09. The fraction of sp³-hybridized carbons (Fsp3) is 0.733. The van der Waals surface area contributed by atoms with Gasteiger partial charge in [-0.15, -0.1) is 0 Å². The van der Waals surface area contributed by atoms with Gasteiger partial charge in [0.05, 0.1) is 5.92 Å². The lowest BCUT2D eigenvalue weighted by atomic mass is 9.95. The third-order valence-electron chi connectivity index (χ3n) is 4.28. The fourth-order valence-corrected chi connectivity index (χ4v) is 3.49. The van der Waals surface area contributed by atoms with Gasteiger partial charge < -0.3 is 15.9 Å². The largest absolute Gasteiger partial charge is 0.481 e. The molecule has 1 amide bonds. The first-order chi connectivity index (χ1) is 9.49. The van der Waals surface area contributed by atoms with Gasteiger partial charge in [-0.2, -0.15) is 0 Å². The van der Waals surface area contributed by atoms with Crippen molar-refractivity contribution in [3.63, 3.8) is 0 Å². The molecule has 2 unspecified atom stereocenters. The zero-order valence-electron chi connectivity index (χ0n) is 12.0. The smallest absolute Gasteiger partial charge is 0.402 e. The SMILES string of the molecule is CCCC(C(=O)O)C1[C@H]2CC/C=C/CC[C@@H]12.NC(=O)O. The number of carboxylic acid groups (broad SMARTS) is 2. The quantitative estimate of drug-likeness (QED) is 0.690. The zero-order chi connectivity index (χ0) is 15.1. The van der Waals surface area contributed by atoms with Crippen LogP contribution in [0, 0.1) is 23.7 Å². The number of hydrogen-bond acceptors (Lipinski definition) is 2. The standard InChI is InChI=1S/C14H22O2.CH3NO2/c1-2-7-12(14(15)16)13-10-8-5-3-4-6-9-11(10)13;2-1(3)4/h3-4,10-13H,2,5-9H2,1H3,(H,15,16);2H2,(H,3,4)/b4-3+;/t10-,11+,12?,13?;. The molecule has 1 saturated carbocycles. The summed E-state index contributed by atoms with van der Waals surface area (Å²) in [6, 6.07) is 0. The van der Waals surface area contributed by atoms with Crippen molar-refractivity contribution < 1.29 is 19.8 Å². The number of amides is 1. The second-order valence-corrected chi connectivity index (χ2v) is 5.60. The molecule has 0 radical (unpaired) electrons. The fourth-order valence-electron chi connectivity index (χ4n) is 3.49. The number of nitrogens with two attached hydrogens (primary N) is 1. The van der Waals surface area contributed by atoms with Crippen LogP contribution in [0.5, 0.6) is 0 Å². The number of primary amides is 1. The van der Waals surface area contributed by atoms with E-state index in [1.165, 1.54) is 12.8 Å². The molecule has 4 atom stereocenters. The molecular weight excluding hydrogens is 258 g/mol. The molecule has 2 rings (SSSR count). The Morgan fingerprint density at radius 2 is 1.65 bits per heavy atom. The molecule has 0 heterocycles. The van der Waals surface area contributed by atoms with Gasteiger partial charge in [-0.3, -0.25) is 4.79 Å². The second kappa shape index (κ2) is 7.92. The molecule has 0 saturated heterocycles. The van der Waals surface area contributed by atoms with Gasteiger partial charge in [-0.1, -0.05) is 25.5 Å². The lowest BCUT2D eigenvalue weighted by Crippen LogP contribution is -2.17. The molecule has 2 aliphatic rings. The van der Waals surface area contributed by atoms with E-state index in [4.69, 9.17) is 9.90 Å². The first-order valence-electron chi connectivity index (χ1n) is 7.35. The van der Waals surface area contributed by atoms with Crippen molar-refractivity contribution in [2.24, 2.45) is 29.4 Å². The van der Waals surface area contributed by atoms with E-state index >= 15 is 0 Å². The molecule has 2 aliphatic carbocycles. The third-order valence-corrected chi connectivity index (χ3v) is 4.28. The molecule has 5 heteroatoms. The molecular formula is C15H25NO4. The third kappa shape index (κ3) is 4.87. The van der Waals surface area contributed by atoms with Crippen LogP contribution >= 0.6 is 0 Å². The van der Waals surface area contributed by atoms with E-state index in [0.717, 1.165) is 25.7 Å². The highest BCUT2D eigenvalue weighted by Gasteiger charge is 2.54. The van der Waals surface area contributed by atoms with Crippen molar-refractivity contribution in [2.75, 3.05) is 0 Å². The van der Waals surface area contributed by atoms with Crippen LogP contribution in [0.1, 0.15) is 45.4 Å². The minimum absolute atomic E-state index is 0.0712. The van der Waals surface area contributed by atoms with Crippen molar-refractivity contribution in [1.29, 1.82) is 0 Å². The monoisotopic (exact) mass is 283 g/mol. The minimum Gasteiger partial charge on any atom is -0.481 e. The van der Waals surface area contributed by atoms with E-state index in [-0.39, 0.29) is 5.92 Å². The van der Waals surface area contributed by atoms with Gasteiger partial charge in [0.15, 0.2) is 0 Å². The van der Waals surface area contributed by atoms with E-state index in [1.54, 1.807) is 0 Å². The summed E-state index contributed by atoms with van der Waals surface area (Å²) in [4.78, 5) is 20.0. The highest BCUT2D eigenvalue weighted by Crippen LogP contribution is 2.57. The minimum atomic E-state index is -1.33. The van der Waals surface area contributed by atoms with Crippen molar-refractivity contribution >= 4 is 12.1 Å². The van der Waals surface area contributed by atoms with Gasteiger partial charge in [0.1, 0.15) is 0 Å². The Kier molecular flexibility index (Phi) is 6.55. The predicted octanol–water partition coefficient (Wildman–Crippen LogP) is 3.10. The van der Waals surface area contributed by atoms with Crippen LogP contribution in [-0.4, -0.2) is 22.3 Å². The Morgan fingerprint density at radius 1 is 1.20 bits per heavy atom. The summed E-state index contributed by atoms with van der Waals surface area (Å²) in [6.07, 6.45) is 9.76. The number of aliphatic carboxylic acids is 1. The molecule has 20 heavy (non-hydrogen) atoms. The van der Waals surface area contributed by atoms with Crippen molar-refractivity contribution in [1.82, 2.24) is 0 Å². The molecule has 5 nitrogen and oxygen atoms in total. The average Bonchev–Trinajstić information content (AvgIpc) is 2.95. The van der Waals surface area contributed by atoms with Crippen molar-refractivity contribution in [3.05, 3.63) is 12.2 Å². The number of carbonyl (C=O) groups is 2. The Balaban J connectivity index is 0.000000444. The van der Waals surface area contributed by atoms with E-state index in [1.807, 2.05) is 0 Å². The lowest BCUT2D eigenvalue weighted by Gasteiger charge is -2.10. The summed E-state index contributed by atoms with van der Waals surface area (Å²) < 4.78 is 0. The average molecular weight is 283 g/mol. The molecule has 0 aliphatic heterocycles. The maximum Gasteiger partial charge on any atom is 0.402 e. The summed E-state index contributed by atoms with van der Waals surface area (Å²) in [5.41, 5.74) is 4.03. The van der Waals surface area contributed by atoms with Gasteiger partial charge in [-0.25, -0.2) is 4.79 Å². The van der Waals surface area contributed by atoms with Gasteiger partial charge >= 0.3 is 12.1 Å². The molecule has 0 aromatic heterocycles. The van der Waals surface area contributed by atoms with Crippen LogP contribution in [0.3, 0.4) is 0 Å². The van der Waals surface area contributed by atoms with Crippen molar-refractivity contribution in [2.45, 2.75) is 45.4 Å². The number of hydrogen-bond donors (Lipinski definition) is 3. The summed E-state index contributed by atoms with van der Waals surface area (Å²) in [5.74, 6) is 1.26. The Hall–Kier alpha value is -1.52. The first-order valence-corrected chi connectivity index (χ1v) is 7.35. The maximum absolute atomic E-state index is 11.3. The number of fused-ring (bicyclic) bond motifs is 1. The van der Waals surface area contributed by atoms with Gasteiger partial charge in [0.25, 0.3) is 0 Å². The van der Waals surface area contributed by atoms with Crippen LogP contribution < -0.4 is 5.73 Å². The van der Waals surface area contributed by atoms with Crippen LogP contribution in [0.15, 0.2) is 12.2 Å². The van der Waals surface area contributed by atoms with E-state index in [2.05, 4.69) is 24.8 Å². The van der Waals surface area contributed by atoms with E-state index in [0.29, 0.717) is 17.8 Å². The lowest BCUT2D eigenvalue weighted by molar-refractivity contribution is -0.143. The van der Waals surface area contributed by atoms with Crippen LogP contribution in [0.4, 0.5) is 4.79 Å². The number of rotatable bonds is 4. The molecule has 0 bridgehead atoms. The summed E-state index contributed by atoms with van der Waals surface area (Å²) in [7, 11) is 0. The topological polar surface area (TPSA) is 101 Å². The Labute approximate surface area is 119 Å². The summed E-state index contributed by atoms with van der Waals surface area (Å²) in [5, 5.41) is 16.5. The number of allylic oxidation sites excluding steroid dienone is 2. The van der Waals surface area contributed by atoms with Crippen LogP contribution in [0.2, 0.25) is 0 Å². The van der Waals surface area contributed by atoms with Crippen LogP contribution in [-0.2, 0) is 4.79 Å². The second-order valence-electron chi connectivity index (χ2n) is 5.60. The Bertz CT molecular complexity index is 347. The van der Waals surface area contributed by atoms with E-state index < -0.39 is 12.1 Å². The highest BCUT2D eigenvalue weighted by atomic mass is 16.4. The maximum atomic E-state index is 11.3. The van der Waals surface area contributed by atoms with Crippen molar-refractivity contribution in [3.8, 4) is 0 Å². The predicted molar refractivity (Wildman–Crippen MR) is 76.3 cm³/mol. The van der Waals surface area contributed by atoms with Gasteiger partial charge in [-0.05, 0) is 49.9 Å². The molecule has 114 valence electrons. The van der Waals surface area contributed by atoms with Gasteiger partial charge in [0, 0.05) is 0 Å². The molecule has 0 aromatic rings. The van der Waals surface area contributed by atoms with E-state index in [9.17, 15) is 9.90 Å². The molecule has 0 spiro atoms. The van der Waals surface area contributed by atoms with Crippen LogP contribution in [0.25, 0.3) is 0 Å².